The van der Waals surface area contributed by atoms with E-state index in [1.165, 1.54) is 32.0 Å². The Morgan fingerprint density at radius 1 is 1.33 bits per heavy atom. The Hall–Kier alpha value is -1.64. The summed E-state index contributed by atoms with van der Waals surface area (Å²) in [4.78, 5) is 23.2. The predicted molar refractivity (Wildman–Crippen MR) is 77.0 cm³/mol. The van der Waals surface area contributed by atoms with Crippen molar-refractivity contribution in [1.29, 1.82) is 0 Å². The van der Waals surface area contributed by atoms with Gasteiger partial charge in [0.05, 0.1) is 22.2 Å². The van der Waals surface area contributed by atoms with E-state index in [1.54, 1.807) is 0 Å². The number of nitrogen functional groups attached to an aromatic ring is 1. The molecule has 1 fully saturated rings. The van der Waals surface area contributed by atoms with Gasteiger partial charge in [-0.05, 0) is 32.0 Å². The van der Waals surface area contributed by atoms with Gasteiger partial charge >= 0.3 is 0 Å². The van der Waals surface area contributed by atoms with Crippen LogP contribution in [0.3, 0.4) is 0 Å². The number of imide groups is 1. The average molecular weight is 332 g/mol. The molecule has 0 aliphatic carbocycles. The van der Waals surface area contributed by atoms with E-state index < -0.39 is 33.9 Å². The third-order valence-corrected chi connectivity index (χ3v) is 5.63. The van der Waals surface area contributed by atoms with Crippen molar-refractivity contribution in [2.45, 2.75) is 24.3 Å². The summed E-state index contributed by atoms with van der Waals surface area (Å²) in [5.41, 5.74) is 4.32. The fraction of sp³-hybridized carbons (Fsp3) is 0.333. The van der Waals surface area contributed by atoms with E-state index in [2.05, 4.69) is 5.32 Å². The fourth-order valence-corrected chi connectivity index (χ4v) is 3.81. The van der Waals surface area contributed by atoms with Crippen molar-refractivity contribution in [2.24, 2.45) is 0 Å². The van der Waals surface area contributed by atoms with Crippen LogP contribution in [0.2, 0.25) is 5.02 Å². The van der Waals surface area contributed by atoms with Crippen LogP contribution in [-0.2, 0) is 19.6 Å². The number of carbonyl (C=O) groups excluding carboxylic acids is 2. The maximum atomic E-state index is 12.7. The second kappa shape index (κ2) is 4.97. The van der Waals surface area contributed by atoms with Crippen LogP contribution in [0.5, 0.6) is 0 Å². The van der Waals surface area contributed by atoms with Gasteiger partial charge in [0.15, 0.2) is 0 Å². The minimum atomic E-state index is -4.06. The maximum Gasteiger partial charge on any atom is 0.247 e. The molecule has 1 saturated heterocycles. The van der Waals surface area contributed by atoms with Crippen LogP contribution in [0.15, 0.2) is 23.1 Å². The summed E-state index contributed by atoms with van der Waals surface area (Å²) in [7, 11) is -4.06. The van der Waals surface area contributed by atoms with Gasteiger partial charge < -0.3 is 5.73 Å². The lowest BCUT2D eigenvalue weighted by atomic mass is 10.0. The monoisotopic (exact) mass is 331 g/mol. The summed E-state index contributed by atoms with van der Waals surface area (Å²) in [6, 6.07) is 3.83. The number of carbonyl (C=O) groups is 2. The highest BCUT2D eigenvalue weighted by molar-refractivity contribution is 7.89. The van der Waals surface area contributed by atoms with Gasteiger partial charge in [-0.1, -0.05) is 11.6 Å². The predicted octanol–water partition coefficient (Wildman–Crippen LogP) is 0.348. The Morgan fingerprint density at radius 2 is 1.95 bits per heavy atom. The van der Waals surface area contributed by atoms with Crippen molar-refractivity contribution >= 4 is 39.1 Å². The minimum absolute atomic E-state index is 0.100. The Morgan fingerprint density at radius 3 is 2.52 bits per heavy atom. The second-order valence-corrected chi connectivity index (χ2v) is 7.40. The summed E-state index contributed by atoms with van der Waals surface area (Å²) < 4.78 is 26.2. The van der Waals surface area contributed by atoms with Crippen molar-refractivity contribution in [1.82, 2.24) is 9.62 Å². The third kappa shape index (κ3) is 2.61. The number of amides is 2. The van der Waals surface area contributed by atoms with Crippen molar-refractivity contribution < 1.29 is 18.0 Å². The lowest BCUT2D eigenvalue weighted by Gasteiger charge is -2.38. The van der Waals surface area contributed by atoms with E-state index in [0.717, 1.165) is 4.31 Å². The number of piperazine rings is 1. The molecule has 0 radical (unpaired) electrons. The lowest BCUT2D eigenvalue weighted by Crippen LogP contribution is -2.65. The Balaban J connectivity index is 2.53. The number of sulfonamides is 1. The van der Waals surface area contributed by atoms with Crippen LogP contribution in [0.1, 0.15) is 13.8 Å². The molecular formula is C12H14ClN3O4S. The summed E-state index contributed by atoms with van der Waals surface area (Å²) in [5, 5.41) is 2.34. The van der Waals surface area contributed by atoms with Crippen molar-refractivity contribution in [3.8, 4) is 0 Å². The SMILES string of the molecule is CC1(C)C(=O)NC(=O)CN1S(=O)(=O)c1ccc(Cl)c(N)c1. The van der Waals surface area contributed by atoms with E-state index in [1.807, 2.05) is 0 Å². The molecule has 7 nitrogen and oxygen atoms in total. The number of benzene rings is 1. The number of rotatable bonds is 2. The van der Waals surface area contributed by atoms with Gasteiger partial charge in [-0.3, -0.25) is 14.9 Å². The molecule has 1 aliphatic rings. The highest BCUT2D eigenvalue weighted by Crippen LogP contribution is 2.29. The molecule has 0 saturated carbocycles. The van der Waals surface area contributed by atoms with Crippen molar-refractivity contribution in [3.63, 3.8) is 0 Å². The second-order valence-electron chi connectivity index (χ2n) is 5.13. The number of nitrogens with one attached hydrogen (secondary N) is 1. The van der Waals surface area contributed by atoms with Gasteiger partial charge in [0.1, 0.15) is 5.54 Å². The van der Waals surface area contributed by atoms with Gasteiger partial charge in [-0.15, -0.1) is 0 Å². The molecule has 0 bridgehead atoms. The summed E-state index contributed by atoms with van der Waals surface area (Å²) in [5.74, 6) is -1.35. The van der Waals surface area contributed by atoms with Crippen LogP contribution in [-0.4, -0.2) is 36.6 Å². The van der Waals surface area contributed by atoms with Gasteiger partial charge in [0.2, 0.25) is 21.8 Å². The maximum absolute atomic E-state index is 12.7. The Labute approximate surface area is 127 Å². The smallest absolute Gasteiger partial charge is 0.247 e. The summed E-state index contributed by atoms with van der Waals surface area (Å²) in [6.45, 7) is 2.40. The molecule has 0 unspecified atom stereocenters. The molecule has 114 valence electrons. The fourth-order valence-electron chi connectivity index (χ4n) is 1.96. The molecule has 1 heterocycles. The molecule has 0 spiro atoms. The number of anilines is 1. The molecule has 2 amide bonds. The average Bonchev–Trinajstić information content (AvgIpc) is 2.37. The van der Waals surface area contributed by atoms with E-state index in [4.69, 9.17) is 17.3 Å². The largest absolute Gasteiger partial charge is 0.397 e. The zero-order valence-electron chi connectivity index (χ0n) is 11.4. The van der Waals surface area contributed by atoms with Crippen molar-refractivity contribution in [2.75, 3.05) is 12.3 Å². The molecule has 1 aliphatic heterocycles. The van der Waals surface area contributed by atoms with Gasteiger partial charge in [0.25, 0.3) is 0 Å². The minimum Gasteiger partial charge on any atom is -0.397 e. The molecule has 1 aromatic carbocycles. The first-order chi connectivity index (χ1) is 9.56. The summed E-state index contributed by atoms with van der Waals surface area (Å²) >= 11 is 5.77. The van der Waals surface area contributed by atoms with Crippen molar-refractivity contribution in [3.05, 3.63) is 23.2 Å². The van der Waals surface area contributed by atoms with Gasteiger partial charge in [-0.2, -0.15) is 4.31 Å². The van der Waals surface area contributed by atoms with Gasteiger partial charge in [-0.25, -0.2) is 8.42 Å². The number of nitrogens with two attached hydrogens (primary N) is 1. The normalized spacial score (nSPS) is 19.4. The van der Waals surface area contributed by atoms with Crippen LogP contribution in [0.25, 0.3) is 0 Å². The third-order valence-electron chi connectivity index (χ3n) is 3.27. The lowest BCUT2D eigenvalue weighted by molar-refractivity contribution is -0.141. The zero-order valence-corrected chi connectivity index (χ0v) is 13.0. The Bertz CT molecular complexity index is 730. The molecule has 0 atom stereocenters. The Kier molecular flexibility index (Phi) is 3.73. The summed E-state index contributed by atoms with van der Waals surface area (Å²) in [6.07, 6.45) is 0. The molecular weight excluding hydrogens is 318 g/mol. The first-order valence-electron chi connectivity index (χ1n) is 5.99. The van der Waals surface area contributed by atoms with Crippen LogP contribution in [0.4, 0.5) is 5.69 Å². The van der Waals surface area contributed by atoms with Crippen LogP contribution < -0.4 is 11.1 Å². The first-order valence-corrected chi connectivity index (χ1v) is 7.81. The highest BCUT2D eigenvalue weighted by Gasteiger charge is 2.47. The molecule has 2 rings (SSSR count). The van der Waals surface area contributed by atoms with Gasteiger partial charge in [0, 0.05) is 0 Å². The number of nitrogens with zero attached hydrogens (tertiary/aromatic N) is 1. The quantitative estimate of drug-likeness (QED) is 0.600. The molecule has 3 N–H and O–H groups in total. The molecule has 1 aromatic rings. The van der Waals surface area contributed by atoms with Crippen LogP contribution >= 0.6 is 11.6 Å². The first kappa shape index (κ1) is 15.7. The number of hydrogen-bond acceptors (Lipinski definition) is 5. The van der Waals surface area contributed by atoms with E-state index in [-0.39, 0.29) is 15.6 Å². The molecule has 21 heavy (non-hydrogen) atoms. The standard InChI is InChI=1S/C12H14ClN3O4S/c1-12(2)11(18)15-10(17)6-16(12)21(19,20)7-3-4-8(13)9(14)5-7/h3-5H,6,14H2,1-2H3,(H,15,17,18). The zero-order chi connectivity index (χ0) is 16.0. The van der Waals surface area contributed by atoms with E-state index >= 15 is 0 Å². The topological polar surface area (TPSA) is 110 Å². The highest BCUT2D eigenvalue weighted by atomic mass is 35.5. The van der Waals surface area contributed by atoms with Crippen LogP contribution in [0, 0.1) is 0 Å². The number of halogens is 1. The molecule has 0 aromatic heterocycles. The van der Waals surface area contributed by atoms with E-state index in [9.17, 15) is 18.0 Å². The molecule has 9 heteroatoms. The van der Waals surface area contributed by atoms with E-state index in [0.29, 0.717) is 0 Å². The number of hydrogen-bond donors (Lipinski definition) is 2.